The van der Waals surface area contributed by atoms with Gasteiger partial charge in [-0.25, -0.2) is 4.39 Å². The van der Waals surface area contributed by atoms with E-state index in [0.29, 0.717) is 6.61 Å². The summed E-state index contributed by atoms with van der Waals surface area (Å²) in [5.74, 6) is -0.385. The Labute approximate surface area is 83.3 Å². The van der Waals surface area contributed by atoms with E-state index in [4.69, 9.17) is 9.84 Å². The lowest BCUT2D eigenvalue weighted by Gasteiger charge is -2.06. The fourth-order valence-electron chi connectivity index (χ4n) is 1.14. The predicted octanol–water partition coefficient (Wildman–Crippen LogP) is 3.10. The summed E-state index contributed by atoms with van der Waals surface area (Å²) in [6.07, 6.45) is 3.12. The Balaban J connectivity index is 2.42. The molecule has 0 aliphatic rings. The minimum absolute atomic E-state index is 0.0802. The molecule has 0 spiro atoms. The number of hydrogen-bond donors (Lipinski definition) is 1. The minimum Gasteiger partial charge on any atom is -0.508 e. The van der Waals surface area contributed by atoms with E-state index in [-0.39, 0.29) is 11.5 Å². The van der Waals surface area contributed by atoms with Gasteiger partial charge in [-0.1, -0.05) is 19.8 Å². The second-order valence-corrected chi connectivity index (χ2v) is 3.17. The quantitative estimate of drug-likeness (QED) is 0.736. The fourth-order valence-corrected chi connectivity index (χ4v) is 1.14. The Kier molecular flexibility index (Phi) is 4.23. The number of aromatic hydroxyl groups is 1. The van der Waals surface area contributed by atoms with Crippen molar-refractivity contribution >= 4 is 0 Å². The predicted molar refractivity (Wildman–Crippen MR) is 53.1 cm³/mol. The third-order valence-corrected chi connectivity index (χ3v) is 1.92. The van der Waals surface area contributed by atoms with E-state index in [0.717, 1.165) is 25.3 Å². The van der Waals surface area contributed by atoms with Crippen molar-refractivity contribution < 1.29 is 14.2 Å². The van der Waals surface area contributed by atoms with Crippen LogP contribution >= 0.6 is 0 Å². The molecule has 2 nitrogen and oxygen atoms in total. The zero-order chi connectivity index (χ0) is 10.4. The van der Waals surface area contributed by atoms with Crippen LogP contribution in [0.4, 0.5) is 4.39 Å². The van der Waals surface area contributed by atoms with E-state index in [1.54, 1.807) is 0 Å². The van der Waals surface area contributed by atoms with Gasteiger partial charge < -0.3 is 9.84 Å². The summed E-state index contributed by atoms with van der Waals surface area (Å²) in [6, 6.07) is 3.91. The monoisotopic (exact) mass is 198 g/mol. The molecule has 0 bridgehead atoms. The van der Waals surface area contributed by atoms with Crippen molar-refractivity contribution in [2.75, 3.05) is 6.61 Å². The Hall–Kier alpha value is -1.25. The van der Waals surface area contributed by atoms with E-state index in [1.807, 2.05) is 0 Å². The van der Waals surface area contributed by atoms with Crippen LogP contribution in [0.15, 0.2) is 18.2 Å². The largest absolute Gasteiger partial charge is 0.508 e. The molecule has 0 fully saturated rings. The summed E-state index contributed by atoms with van der Waals surface area (Å²) in [5, 5.41) is 8.95. The molecule has 0 aliphatic carbocycles. The van der Waals surface area contributed by atoms with Crippen molar-refractivity contribution in [3.63, 3.8) is 0 Å². The second-order valence-electron chi connectivity index (χ2n) is 3.17. The summed E-state index contributed by atoms with van der Waals surface area (Å²) in [4.78, 5) is 0. The maximum Gasteiger partial charge on any atom is 0.168 e. The van der Waals surface area contributed by atoms with Crippen LogP contribution in [0.1, 0.15) is 26.2 Å². The Morgan fingerprint density at radius 2 is 2.14 bits per heavy atom. The molecule has 0 amide bonds. The first-order valence-corrected chi connectivity index (χ1v) is 4.85. The van der Waals surface area contributed by atoms with Gasteiger partial charge >= 0.3 is 0 Å². The number of phenolic OH excluding ortho intramolecular Hbond substituents is 1. The first-order chi connectivity index (χ1) is 6.74. The highest BCUT2D eigenvalue weighted by molar-refractivity contribution is 5.31. The molecule has 0 atom stereocenters. The van der Waals surface area contributed by atoms with Gasteiger partial charge in [0.1, 0.15) is 5.75 Å². The summed E-state index contributed by atoms with van der Waals surface area (Å²) >= 11 is 0. The maximum atomic E-state index is 13.1. The molecule has 0 saturated heterocycles. The Morgan fingerprint density at radius 1 is 1.36 bits per heavy atom. The van der Waals surface area contributed by atoms with Crippen LogP contribution in [0.2, 0.25) is 0 Å². The highest BCUT2D eigenvalue weighted by Gasteiger charge is 2.03. The molecule has 1 aromatic rings. The first-order valence-electron chi connectivity index (χ1n) is 4.85. The summed E-state index contributed by atoms with van der Waals surface area (Å²) < 4.78 is 18.3. The zero-order valence-corrected chi connectivity index (χ0v) is 8.29. The zero-order valence-electron chi connectivity index (χ0n) is 8.29. The van der Waals surface area contributed by atoms with Crippen LogP contribution in [-0.2, 0) is 0 Å². The summed E-state index contributed by atoms with van der Waals surface area (Å²) in [6.45, 7) is 2.62. The summed E-state index contributed by atoms with van der Waals surface area (Å²) in [5.41, 5.74) is 0. The van der Waals surface area contributed by atoms with Crippen LogP contribution < -0.4 is 4.74 Å². The molecule has 0 radical (unpaired) electrons. The molecular weight excluding hydrogens is 183 g/mol. The van der Waals surface area contributed by atoms with E-state index < -0.39 is 5.82 Å². The van der Waals surface area contributed by atoms with Gasteiger partial charge in [-0.2, -0.15) is 0 Å². The molecule has 0 unspecified atom stereocenters. The molecule has 1 N–H and O–H groups in total. The Morgan fingerprint density at radius 3 is 2.79 bits per heavy atom. The van der Waals surface area contributed by atoms with Crippen LogP contribution in [0.5, 0.6) is 11.5 Å². The van der Waals surface area contributed by atoms with E-state index in [9.17, 15) is 4.39 Å². The normalized spacial score (nSPS) is 10.1. The fraction of sp³-hybridized carbons (Fsp3) is 0.455. The van der Waals surface area contributed by atoms with E-state index in [2.05, 4.69) is 6.92 Å². The summed E-state index contributed by atoms with van der Waals surface area (Å²) in [7, 11) is 0. The van der Waals surface area contributed by atoms with Gasteiger partial charge in [-0.05, 0) is 18.6 Å². The SMILES string of the molecule is CCCCCOc1ccc(O)cc1F. The van der Waals surface area contributed by atoms with Crippen molar-refractivity contribution in [2.24, 2.45) is 0 Å². The lowest BCUT2D eigenvalue weighted by Crippen LogP contribution is -1.98. The van der Waals surface area contributed by atoms with Crippen LogP contribution in [0.25, 0.3) is 0 Å². The van der Waals surface area contributed by atoms with Crippen molar-refractivity contribution in [2.45, 2.75) is 26.2 Å². The molecular formula is C11H15FO2. The number of hydrogen-bond acceptors (Lipinski definition) is 2. The topological polar surface area (TPSA) is 29.5 Å². The van der Waals surface area contributed by atoms with Crippen LogP contribution in [-0.4, -0.2) is 11.7 Å². The van der Waals surface area contributed by atoms with Gasteiger partial charge in [0, 0.05) is 6.07 Å². The molecule has 0 saturated carbocycles. The average molecular weight is 198 g/mol. The number of ether oxygens (including phenoxy) is 1. The van der Waals surface area contributed by atoms with Crippen molar-refractivity contribution in [1.82, 2.24) is 0 Å². The minimum atomic E-state index is -0.513. The molecule has 78 valence electrons. The molecule has 3 heteroatoms. The lowest BCUT2D eigenvalue weighted by molar-refractivity contribution is 0.290. The molecule has 14 heavy (non-hydrogen) atoms. The van der Waals surface area contributed by atoms with E-state index >= 15 is 0 Å². The number of rotatable bonds is 5. The number of halogens is 1. The highest BCUT2D eigenvalue weighted by atomic mass is 19.1. The lowest BCUT2D eigenvalue weighted by atomic mass is 10.2. The van der Waals surface area contributed by atoms with Crippen molar-refractivity contribution in [3.8, 4) is 11.5 Å². The van der Waals surface area contributed by atoms with E-state index in [1.165, 1.54) is 12.1 Å². The third-order valence-electron chi connectivity index (χ3n) is 1.92. The van der Waals surface area contributed by atoms with Crippen molar-refractivity contribution in [1.29, 1.82) is 0 Å². The number of phenols is 1. The Bertz CT molecular complexity index is 287. The number of unbranched alkanes of at least 4 members (excludes halogenated alkanes) is 2. The third kappa shape index (κ3) is 3.24. The van der Waals surface area contributed by atoms with Gasteiger partial charge in [0.05, 0.1) is 6.61 Å². The second kappa shape index (κ2) is 5.47. The molecule has 0 aliphatic heterocycles. The van der Waals surface area contributed by atoms with Crippen molar-refractivity contribution in [3.05, 3.63) is 24.0 Å². The van der Waals surface area contributed by atoms with Gasteiger partial charge in [-0.3, -0.25) is 0 Å². The standard InChI is InChI=1S/C11H15FO2/c1-2-3-4-7-14-11-6-5-9(13)8-10(11)12/h5-6,8,13H,2-4,7H2,1H3. The van der Waals surface area contributed by atoms with Crippen LogP contribution in [0.3, 0.4) is 0 Å². The van der Waals surface area contributed by atoms with Gasteiger partial charge in [0.25, 0.3) is 0 Å². The molecule has 0 aromatic heterocycles. The molecule has 0 heterocycles. The molecule has 1 rings (SSSR count). The van der Waals surface area contributed by atoms with Gasteiger partial charge in [0.2, 0.25) is 0 Å². The van der Waals surface area contributed by atoms with Gasteiger partial charge in [-0.15, -0.1) is 0 Å². The van der Waals surface area contributed by atoms with Crippen LogP contribution in [0, 0.1) is 5.82 Å². The first kappa shape index (κ1) is 10.8. The average Bonchev–Trinajstić information content (AvgIpc) is 2.15. The maximum absolute atomic E-state index is 13.1. The smallest absolute Gasteiger partial charge is 0.168 e. The number of benzene rings is 1. The molecule has 1 aromatic carbocycles. The highest BCUT2D eigenvalue weighted by Crippen LogP contribution is 2.21. The van der Waals surface area contributed by atoms with Gasteiger partial charge in [0.15, 0.2) is 11.6 Å².